The van der Waals surface area contributed by atoms with Crippen LogP contribution in [0.2, 0.25) is 10.0 Å². The maximum absolute atomic E-state index is 6.19. The average Bonchev–Trinajstić information content (AvgIpc) is 3.47. The van der Waals surface area contributed by atoms with Crippen LogP contribution in [0.5, 0.6) is 0 Å². The topological polar surface area (TPSA) is 109 Å². The molecule has 6 rings (SSSR count). The molecule has 2 aliphatic rings. The van der Waals surface area contributed by atoms with Gasteiger partial charge in [-0.15, -0.1) is 0 Å². The molecule has 206 valence electrons. The van der Waals surface area contributed by atoms with E-state index in [1.54, 1.807) is 6.33 Å². The molecule has 0 saturated carbocycles. The van der Waals surface area contributed by atoms with E-state index in [9.17, 15) is 0 Å². The number of nitrogens with two attached hydrogens (primary N) is 2. The lowest BCUT2D eigenvalue weighted by Gasteiger charge is -2.42. The Bertz CT molecular complexity index is 1370. The second-order valence-electron chi connectivity index (χ2n) is 10.7. The van der Waals surface area contributed by atoms with Crippen LogP contribution in [0.3, 0.4) is 0 Å². The monoisotopic (exact) mass is 565 g/mol. The van der Waals surface area contributed by atoms with Crippen molar-refractivity contribution in [1.29, 1.82) is 0 Å². The van der Waals surface area contributed by atoms with E-state index in [1.807, 2.05) is 36.5 Å². The van der Waals surface area contributed by atoms with Crippen molar-refractivity contribution in [2.24, 2.45) is 11.5 Å². The lowest BCUT2D eigenvalue weighted by molar-refractivity contribution is 0.315. The quantitative estimate of drug-likeness (QED) is 0.270. The molecule has 2 saturated heterocycles. The van der Waals surface area contributed by atoms with Gasteiger partial charge in [0, 0.05) is 53.3 Å². The zero-order chi connectivity index (χ0) is 27.3. The Balaban J connectivity index is 0.000000177. The van der Waals surface area contributed by atoms with Crippen LogP contribution in [0.25, 0.3) is 11.0 Å². The summed E-state index contributed by atoms with van der Waals surface area (Å²) in [6.07, 6.45) is 7.70. The predicted molar refractivity (Wildman–Crippen MR) is 162 cm³/mol. The summed E-state index contributed by atoms with van der Waals surface area (Å²) in [5.41, 5.74) is 15.7. The smallest absolute Gasteiger partial charge is 0.142 e. The molecular formula is C30H37Cl2N7. The standard InChI is InChI=1S/C18H20ClN5.C12H17ClN2/c19-14-3-1-2-13(10-14)18(11-20)5-8-24(9-6-18)17-15-4-7-21-16(15)22-12-23-17;13-11-3-1-2-10(8-11)12(9-14)4-6-15-7-5-12/h1-4,7,10,12H,5-6,8-9,11,20H2,(H,21,22,23);1-3,8,15H,4-7,9,14H2. The van der Waals surface area contributed by atoms with Gasteiger partial charge in [0.25, 0.3) is 0 Å². The molecular weight excluding hydrogens is 529 g/mol. The maximum Gasteiger partial charge on any atom is 0.142 e. The molecule has 4 heterocycles. The Morgan fingerprint density at radius 2 is 1.38 bits per heavy atom. The van der Waals surface area contributed by atoms with Gasteiger partial charge < -0.3 is 26.7 Å². The first-order valence-electron chi connectivity index (χ1n) is 13.6. The molecule has 39 heavy (non-hydrogen) atoms. The minimum Gasteiger partial charge on any atom is -0.356 e. The molecule has 6 N–H and O–H groups in total. The summed E-state index contributed by atoms with van der Waals surface area (Å²) < 4.78 is 0. The number of benzene rings is 2. The van der Waals surface area contributed by atoms with Crippen LogP contribution >= 0.6 is 23.2 Å². The van der Waals surface area contributed by atoms with Gasteiger partial charge in [0.1, 0.15) is 17.8 Å². The van der Waals surface area contributed by atoms with E-state index >= 15 is 0 Å². The lowest BCUT2D eigenvalue weighted by Crippen LogP contribution is -2.47. The lowest BCUT2D eigenvalue weighted by atomic mass is 9.73. The molecule has 0 amide bonds. The minimum atomic E-state index is -0.00824. The zero-order valence-electron chi connectivity index (χ0n) is 22.2. The van der Waals surface area contributed by atoms with E-state index in [0.29, 0.717) is 13.1 Å². The van der Waals surface area contributed by atoms with Gasteiger partial charge in [0.05, 0.1) is 5.39 Å². The van der Waals surface area contributed by atoms with Crippen LogP contribution in [0.15, 0.2) is 67.1 Å². The first-order valence-corrected chi connectivity index (χ1v) is 14.4. The molecule has 0 radical (unpaired) electrons. The molecule has 2 fully saturated rings. The highest BCUT2D eigenvalue weighted by Gasteiger charge is 2.36. The second-order valence-corrected chi connectivity index (χ2v) is 11.5. The highest BCUT2D eigenvalue weighted by atomic mass is 35.5. The Morgan fingerprint density at radius 1 is 0.795 bits per heavy atom. The van der Waals surface area contributed by atoms with Crippen LogP contribution in [0, 0.1) is 0 Å². The van der Waals surface area contributed by atoms with Crippen molar-refractivity contribution in [3.63, 3.8) is 0 Å². The third-order valence-corrected chi connectivity index (χ3v) is 9.04. The van der Waals surface area contributed by atoms with Crippen LogP contribution < -0.4 is 21.7 Å². The number of H-pyrrole nitrogens is 1. The van der Waals surface area contributed by atoms with E-state index < -0.39 is 0 Å². The van der Waals surface area contributed by atoms with Gasteiger partial charge in [-0.1, -0.05) is 47.5 Å². The van der Waals surface area contributed by atoms with Gasteiger partial charge >= 0.3 is 0 Å². The van der Waals surface area contributed by atoms with E-state index in [2.05, 4.69) is 49.4 Å². The molecule has 9 heteroatoms. The van der Waals surface area contributed by atoms with Crippen molar-refractivity contribution in [2.45, 2.75) is 36.5 Å². The first kappa shape index (κ1) is 27.9. The minimum absolute atomic E-state index is 0.00824. The summed E-state index contributed by atoms with van der Waals surface area (Å²) in [5.74, 6) is 0.998. The summed E-state index contributed by atoms with van der Waals surface area (Å²) >= 11 is 12.2. The molecule has 7 nitrogen and oxygen atoms in total. The van der Waals surface area contributed by atoms with E-state index in [1.165, 1.54) is 11.1 Å². The number of rotatable bonds is 5. The Labute approximate surface area is 240 Å². The van der Waals surface area contributed by atoms with Gasteiger partial charge in [-0.05, 0) is 80.2 Å². The third-order valence-electron chi connectivity index (χ3n) is 8.57. The summed E-state index contributed by atoms with van der Waals surface area (Å²) in [4.78, 5) is 14.3. The average molecular weight is 567 g/mol. The molecule has 0 unspecified atom stereocenters. The third kappa shape index (κ3) is 5.93. The molecule has 2 aromatic heterocycles. The summed E-state index contributed by atoms with van der Waals surface area (Å²) in [6.45, 7) is 5.26. The van der Waals surface area contributed by atoms with Crippen molar-refractivity contribution in [1.82, 2.24) is 20.3 Å². The number of piperidine rings is 2. The molecule has 0 aliphatic carbocycles. The van der Waals surface area contributed by atoms with Crippen LogP contribution in [0.1, 0.15) is 36.8 Å². The number of anilines is 1. The molecule has 2 aromatic carbocycles. The van der Waals surface area contributed by atoms with Crippen LogP contribution in [-0.4, -0.2) is 54.2 Å². The van der Waals surface area contributed by atoms with E-state index in [0.717, 1.165) is 78.8 Å². The molecule has 2 aliphatic heterocycles. The van der Waals surface area contributed by atoms with Crippen molar-refractivity contribution < 1.29 is 0 Å². The molecule has 0 spiro atoms. The number of nitrogens with one attached hydrogen (secondary N) is 2. The normalized spacial score (nSPS) is 18.4. The van der Waals surface area contributed by atoms with E-state index in [4.69, 9.17) is 34.7 Å². The highest BCUT2D eigenvalue weighted by molar-refractivity contribution is 6.30. The number of hydrogen-bond donors (Lipinski definition) is 4. The van der Waals surface area contributed by atoms with Crippen LogP contribution in [-0.2, 0) is 10.8 Å². The predicted octanol–water partition coefficient (Wildman–Crippen LogP) is 5.03. The Hall–Kier alpha value is -2.68. The summed E-state index contributed by atoms with van der Waals surface area (Å²) in [6, 6.07) is 18.3. The SMILES string of the molecule is NCC1(c2cccc(Cl)c2)CCN(c2ncnc3[nH]ccc23)CC1.NCC1(c2cccc(Cl)c2)CCNCC1. The number of aromatic amines is 1. The fourth-order valence-electron chi connectivity index (χ4n) is 6.02. The van der Waals surface area contributed by atoms with Gasteiger partial charge in [0.2, 0.25) is 0 Å². The number of aromatic nitrogens is 3. The first-order chi connectivity index (χ1) is 19.0. The van der Waals surface area contributed by atoms with Crippen LogP contribution in [0.4, 0.5) is 5.82 Å². The van der Waals surface area contributed by atoms with Crippen molar-refractivity contribution in [3.05, 3.63) is 88.3 Å². The molecule has 0 atom stereocenters. The van der Waals surface area contributed by atoms with Gasteiger partial charge in [-0.3, -0.25) is 0 Å². The Morgan fingerprint density at radius 3 is 1.95 bits per heavy atom. The Kier molecular flexibility index (Phi) is 8.74. The second kappa shape index (κ2) is 12.2. The van der Waals surface area contributed by atoms with E-state index in [-0.39, 0.29) is 10.8 Å². The number of halogens is 2. The largest absolute Gasteiger partial charge is 0.356 e. The van der Waals surface area contributed by atoms with Crippen molar-refractivity contribution in [3.8, 4) is 0 Å². The summed E-state index contributed by atoms with van der Waals surface area (Å²) in [5, 5.41) is 6.01. The van der Waals surface area contributed by atoms with Gasteiger partial charge in [0.15, 0.2) is 0 Å². The maximum atomic E-state index is 6.19. The van der Waals surface area contributed by atoms with Gasteiger partial charge in [-0.25, -0.2) is 9.97 Å². The summed E-state index contributed by atoms with van der Waals surface area (Å²) in [7, 11) is 0. The molecule has 0 bridgehead atoms. The fourth-order valence-corrected chi connectivity index (χ4v) is 6.40. The number of fused-ring (bicyclic) bond motifs is 1. The number of hydrogen-bond acceptors (Lipinski definition) is 6. The highest BCUT2D eigenvalue weighted by Crippen LogP contribution is 2.38. The van der Waals surface area contributed by atoms with Crippen molar-refractivity contribution >= 4 is 40.1 Å². The zero-order valence-corrected chi connectivity index (χ0v) is 23.7. The van der Waals surface area contributed by atoms with Gasteiger partial charge in [-0.2, -0.15) is 0 Å². The molecule has 4 aromatic rings. The van der Waals surface area contributed by atoms with Crippen molar-refractivity contribution in [2.75, 3.05) is 44.2 Å². The number of nitrogens with zero attached hydrogens (tertiary/aromatic N) is 3. The fraction of sp³-hybridized carbons (Fsp3) is 0.400.